The van der Waals surface area contributed by atoms with Gasteiger partial charge >= 0.3 is 6.18 Å². The van der Waals surface area contributed by atoms with E-state index in [0.29, 0.717) is 19.0 Å². The fourth-order valence-corrected chi connectivity index (χ4v) is 6.06. The number of alkyl halides is 3. The van der Waals surface area contributed by atoms with E-state index in [1.807, 2.05) is 35.2 Å². The number of ether oxygens (including phenoxy) is 1. The van der Waals surface area contributed by atoms with Gasteiger partial charge in [0.25, 0.3) is 0 Å². The van der Waals surface area contributed by atoms with E-state index >= 15 is 0 Å². The van der Waals surface area contributed by atoms with E-state index in [1.54, 1.807) is 6.20 Å². The van der Waals surface area contributed by atoms with Gasteiger partial charge in [0, 0.05) is 30.3 Å². The number of pyridine rings is 1. The van der Waals surface area contributed by atoms with E-state index < -0.39 is 21.4 Å². The Balaban J connectivity index is 1.18. The third kappa shape index (κ3) is 4.96. The van der Waals surface area contributed by atoms with E-state index in [1.165, 1.54) is 6.26 Å². The van der Waals surface area contributed by atoms with Crippen LogP contribution in [0.2, 0.25) is 0 Å². The smallest absolute Gasteiger partial charge is 0.395 e. The van der Waals surface area contributed by atoms with Gasteiger partial charge in [0.2, 0.25) is 0 Å². The summed E-state index contributed by atoms with van der Waals surface area (Å²) in [6, 6.07) is 9.40. The minimum atomic E-state index is -4.10. The van der Waals surface area contributed by atoms with Crippen molar-refractivity contribution in [3.05, 3.63) is 47.7 Å². The van der Waals surface area contributed by atoms with Crippen LogP contribution < -0.4 is 4.74 Å². The quantitative estimate of drug-likeness (QED) is 0.585. The predicted molar refractivity (Wildman–Crippen MR) is 123 cm³/mol. The second-order valence-corrected chi connectivity index (χ2v) is 12.3. The van der Waals surface area contributed by atoms with E-state index in [4.69, 9.17) is 4.74 Å². The maximum atomic E-state index is 13.3. The number of fused-ring (bicyclic) bond motifs is 1. The van der Waals surface area contributed by atoms with Crippen molar-refractivity contribution in [2.45, 2.75) is 50.1 Å². The van der Waals surface area contributed by atoms with Gasteiger partial charge in [-0.2, -0.15) is 13.2 Å². The molecule has 1 unspecified atom stereocenters. The number of hydrogen-bond donors (Lipinski definition) is 0. The van der Waals surface area contributed by atoms with Crippen molar-refractivity contribution in [3.8, 4) is 17.0 Å². The molecule has 1 saturated heterocycles. The van der Waals surface area contributed by atoms with Crippen LogP contribution in [0.3, 0.4) is 0 Å². The summed E-state index contributed by atoms with van der Waals surface area (Å²) in [6.07, 6.45) is 1.86. The largest absolute Gasteiger partial charge is 0.488 e. The van der Waals surface area contributed by atoms with Crippen LogP contribution in [0.4, 0.5) is 13.2 Å². The standard InChI is InChI=1S/C25H29F3N2O3S/c1-34(31,32)15-17-2-4-18(5-3-17)21-12-20-13-22(33-23(20)14-29-21)19-6-10-30(11-7-19)16-24(8-9-24)25(26,27)28/h2-5,12,14,19,22H,6-11,13,15-16H2,1H3. The van der Waals surface area contributed by atoms with Crippen LogP contribution in [0, 0.1) is 11.3 Å². The second-order valence-electron chi connectivity index (χ2n) is 10.2. The normalized spacial score (nSPS) is 22.9. The highest BCUT2D eigenvalue weighted by atomic mass is 32.2. The molecule has 2 aromatic rings. The number of rotatable bonds is 6. The van der Waals surface area contributed by atoms with Crippen LogP contribution >= 0.6 is 0 Å². The monoisotopic (exact) mass is 494 g/mol. The van der Waals surface area contributed by atoms with Crippen molar-refractivity contribution in [1.82, 2.24) is 9.88 Å². The molecule has 2 aliphatic heterocycles. The van der Waals surface area contributed by atoms with Crippen molar-refractivity contribution >= 4 is 9.84 Å². The number of nitrogens with zero attached hydrogens (tertiary/aromatic N) is 2. The van der Waals surface area contributed by atoms with Gasteiger partial charge in [-0.05, 0) is 56.3 Å². The lowest BCUT2D eigenvalue weighted by molar-refractivity contribution is -0.192. The van der Waals surface area contributed by atoms with Gasteiger partial charge < -0.3 is 9.64 Å². The predicted octanol–water partition coefficient (Wildman–Crippen LogP) is 4.65. The fraction of sp³-hybridized carbons (Fsp3) is 0.560. The maximum absolute atomic E-state index is 13.3. The highest BCUT2D eigenvalue weighted by Crippen LogP contribution is 2.58. The van der Waals surface area contributed by atoms with Crippen molar-refractivity contribution in [2.24, 2.45) is 11.3 Å². The first-order valence-electron chi connectivity index (χ1n) is 11.7. The third-order valence-electron chi connectivity index (χ3n) is 7.47. The summed E-state index contributed by atoms with van der Waals surface area (Å²) in [6.45, 7) is 1.50. The lowest BCUT2D eigenvalue weighted by Crippen LogP contribution is -2.44. The summed E-state index contributed by atoms with van der Waals surface area (Å²) in [4.78, 5) is 6.51. The lowest BCUT2D eigenvalue weighted by Gasteiger charge is -2.36. The molecule has 184 valence electrons. The first-order valence-corrected chi connectivity index (χ1v) is 13.8. The molecule has 0 amide bonds. The molecule has 5 nitrogen and oxygen atoms in total. The van der Waals surface area contributed by atoms with Crippen molar-refractivity contribution in [3.63, 3.8) is 0 Å². The Labute approximate surface area is 198 Å². The first kappa shape index (κ1) is 23.6. The molecule has 1 aromatic heterocycles. The molecule has 1 aliphatic carbocycles. The van der Waals surface area contributed by atoms with E-state index in [0.717, 1.165) is 47.4 Å². The van der Waals surface area contributed by atoms with Gasteiger partial charge in [-0.1, -0.05) is 24.3 Å². The van der Waals surface area contributed by atoms with E-state index in [-0.39, 0.29) is 31.2 Å². The number of hydrogen-bond acceptors (Lipinski definition) is 5. The Morgan fingerprint density at radius 1 is 1.15 bits per heavy atom. The SMILES string of the molecule is CS(=O)(=O)Cc1ccc(-c2cc3c(cn2)OC(C2CCN(CC4(C(F)(F)F)CC4)CC2)C3)cc1. The second kappa shape index (κ2) is 8.52. The molecular weight excluding hydrogens is 465 g/mol. The van der Waals surface area contributed by atoms with E-state index in [9.17, 15) is 21.6 Å². The maximum Gasteiger partial charge on any atom is 0.395 e. The lowest BCUT2D eigenvalue weighted by atomic mass is 9.88. The molecule has 0 spiro atoms. The van der Waals surface area contributed by atoms with Crippen molar-refractivity contribution < 1.29 is 26.3 Å². The Hall–Kier alpha value is -2.13. The molecule has 0 N–H and O–H groups in total. The molecule has 1 atom stereocenters. The molecule has 34 heavy (non-hydrogen) atoms. The molecule has 0 radical (unpaired) electrons. The van der Waals surface area contributed by atoms with Crippen LogP contribution in [0.25, 0.3) is 11.3 Å². The third-order valence-corrected chi connectivity index (χ3v) is 8.32. The van der Waals surface area contributed by atoms with Gasteiger partial charge in [-0.3, -0.25) is 4.98 Å². The van der Waals surface area contributed by atoms with Crippen molar-refractivity contribution in [2.75, 3.05) is 25.9 Å². The summed E-state index contributed by atoms with van der Waals surface area (Å²) < 4.78 is 69.0. The van der Waals surface area contributed by atoms with Crippen LogP contribution in [0.5, 0.6) is 5.75 Å². The molecule has 3 aliphatic rings. The molecule has 1 aromatic carbocycles. The van der Waals surface area contributed by atoms with E-state index in [2.05, 4.69) is 4.98 Å². The van der Waals surface area contributed by atoms with Crippen molar-refractivity contribution in [1.29, 1.82) is 0 Å². The number of halogens is 3. The Bertz CT molecular complexity index is 1150. The highest BCUT2D eigenvalue weighted by Gasteiger charge is 2.63. The molecule has 9 heteroatoms. The van der Waals surface area contributed by atoms with Gasteiger partial charge in [0.05, 0.1) is 23.1 Å². The van der Waals surface area contributed by atoms with Gasteiger partial charge in [-0.25, -0.2) is 8.42 Å². The molecule has 1 saturated carbocycles. The number of aromatic nitrogens is 1. The molecule has 3 heterocycles. The molecule has 2 fully saturated rings. The average molecular weight is 495 g/mol. The summed E-state index contributed by atoms with van der Waals surface area (Å²) in [5.41, 5.74) is 2.09. The summed E-state index contributed by atoms with van der Waals surface area (Å²) >= 11 is 0. The fourth-order valence-electron chi connectivity index (χ4n) is 5.26. The minimum Gasteiger partial charge on any atom is -0.488 e. The number of piperidine rings is 1. The Morgan fingerprint density at radius 2 is 1.82 bits per heavy atom. The molecular formula is C25H29F3N2O3S. The molecule has 5 rings (SSSR count). The number of likely N-dealkylation sites (tertiary alicyclic amines) is 1. The van der Waals surface area contributed by atoms with Crippen LogP contribution in [0.15, 0.2) is 36.5 Å². The zero-order valence-electron chi connectivity index (χ0n) is 19.1. The molecule has 0 bridgehead atoms. The highest BCUT2D eigenvalue weighted by molar-refractivity contribution is 7.89. The summed E-state index contributed by atoms with van der Waals surface area (Å²) in [5, 5.41) is 0. The van der Waals surface area contributed by atoms with Gasteiger partial charge in [0.1, 0.15) is 11.9 Å². The zero-order valence-corrected chi connectivity index (χ0v) is 20.0. The zero-order chi connectivity index (χ0) is 24.1. The topological polar surface area (TPSA) is 59.5 Å². The number of benzene rings is 1. The summed E-state index contributed by atoms with van der Waals surface area (Å²) in [7, 11) is -3.08. The minimum absolute atomic E-state index is 0.0103. The van der Waals surface area contributed by atoms with Crippen LogP contribution in [-0.2, 0) is 22.0 Å². The van der Waals surface area contributed by atoms with Gasteiger partial charge in [0.15, 0.2) is 9.84 Å². The summed E-state index contributed by atoms with van der Waals surface area (Å²) in [5.74, 6) is 1.11. The van der Waals surface area contributed by atoms with Crippen LogP contribution in [-0.4, -0.2) is 56.5 Å². The Morgan fingerprint density at radius 3 is 2.41 bits per heavy atom. The van der Waals surface area contributed by atoms with Crippen LogP contribution in [0.1, 0.15) is 36.8 Å². The first-order chi connectivity index (χ1) is 16.0. The van der Waals surface area contributed by atoms with Gasteiger partial charge in [-0.15, -0.1) is 0 Å². The number of sulfone groups is 1. The Kier molecular flexibility index (Phi) is 5.91. The average Bonchev–Trinajstić information content (AvgIpc) is 3.44.